The van der Waals surface area contributed by atoms with Crippen LogP contribution in [0.2, 0.25) is 0 Å². The molecule has 0 bridgehead atoms. The Morgan fingerprint density at radius 3 is 2.55 bits per heavy atom. The Morgan fingerprint density at radius 2 is 1.70 bits per heavy atom. The molecule has 1 amide bonds. The van der Waals surface area contributed by atoms with Gasteiger partial charge in [0.05, 0.1) is 12.8 Å². The third kappa shape index (κ3) is 6.55. The van der Waals surface area contributed by atoms with Gasteiger partial charge in [0.1, 0.15) is 0 Å². The van der Waals surface area contributed by atoms with E-state index in [2.05, 4.69) is 69.7 Å². The number of allylic oxidation sites excluding steroid dienone is 4. The summed E-state index contributed by atoms with van der Waals surface area (Å²) in [7, 11) is 0. The maximum Gasteiger partial charge on any atom is 0.272 e. The number of fused-ring (bicyclic) bond motifs is 5. The number of aliphatic hydroxyl groups excluding tert-OH is 1. The smallest absolute Gasteiger partial charge is 0.272 e. The minimum Gasteiger partial charge on any atom is -0.395 e. The molecule has 2 heterocycles. The molecule has 0 saturated carbocycles. The number of hydrogen-bond acceptors (Lipinski definition) is 5. The fourth-order valence-corrected chi connectivity index (χ4v) is 7.29. The Bertz CT molecular complexity index is 2050. The van der Waals surface area contributed by atoms with Crippen LogP contribution in [-0.2, 0) is 12.8 Å². The van der Waals surface area contributed by atoms with E-state index in [1.165, 1.54) is 51.4 Å². The number of piperazine rings is 1. The maximum absolute atomic E-state index is 13.3. The van der Waals surface area contributed by atoms with E-state index in [1.54, 1.807) is 17.8 Å². The first-order valence-corrected chi connectivity index (χ1v) is 16.7. The number of H-pyrrole nitrogens is 1. The minimum absolute atomic E-state index is 0.111. The number of nitrogens with zero attached hydrogens (tertiary/aromatic N) is 3. The average molecular weight is 625 g/mol. The summed E-state index contributed by atoms with van der Waals surface area (Å²) in [6, 6.07) is 26.8. The largest absolute Gasteiger partial charge is 0.395 e. The molecule has 7 heteroatoms. The van der Waals surface area contributed by atoms with Gasteiger partial charge in [0.15, 0.2) is 0 Å². The van der Waals surface area contributed by atoms with Gasteiger partial charge in [-0.2, -0.15) is 5.10 Å². The molecule has 2 aliphatic carbocycles. The fourth-order valence-electron chi connectivity index (χ4n) is 7.29. The highest BCUT2D eigenvalue weighted by Crippen LogP contribution is 2.41. The van der Waals surface area contributed by atoms with Gasteiger partial charge in [-0.3, -0.25) is 14.5 Å². The van der Waals surface area contributed by atoms with E-state index in [0.717, 1.165) is 43.3 Å². The molecule has 1 fully saturated rings. The first-order chi connectivity index (χ1) is 23.1. The maximum atomic E-state index is 13.3. The summed E-state index contributed by atoms with van der Waals surface area (Å²) >= 11 is 0. The zero-order valence-corrected chi connectivity index (χ0v) is 26.6. The molecule has 1 aliphatic heterocycles. The lowest BCUT2D eigenvalue weighted by atomic mass is 9.78. The van der Waals surface area contributed by atoms with E-state index in [-0.39, 0.29) is 18.1 Å². The van der Waals surface area contributed by atoms with Crippen LogP contribution in [0.1, 0.15) is 51.9 Å². The normalized spacial score (nSPS) is 16.1. The number of aromatic amines is 1. The summed E-state index contributed by atoms with van der Waals surface area (Å²) in [4.78, 5) is 28.5. The predicted octanol–water partition coefficient (Wildman–Crippen LogP) is 6.15. The molecule has 0 unspecified atom stereocenters. The molecule has 0 spiro atoms. The van der Waals surface area contributed by atoms with Crippen molar-refractivity contribution in [3.05, 3.63) is 141 Å². The molecular formula is C40H40N4O3. The molecule has 47 heavy (non-hydrogen) atoms. The van der Waals surface area contributed by atoms with Crippen molar-refractivity contribution in [2.24, 2.45) is 0 Å². The lowest BCUT2D eigenvalue weighted by Gasteiger charge is -2.34. The number of carbonyl (C=O) groups excluding carboxylic acids is 1. The summed E-state index contributed by atoms with van der Waals surface area (Å²) < 4.78 is 0. The third-order valence-corrected chi connectivity index (χ3v) is 9.70. The van der Waals surface area contributed by atoms with Crippen LogP contribution in [0.25, 0.3) is 27.1 Å². The van der Waals surface area contributed by atoms with Crippen molar-refractivity contribution in [2.75, 3.05) is 39.3 Å². The van der Waals surface area contributed by atoms with Crippen LogP contribution in [0.15, 0.2) is 108 Å². The molecule has 0 radical (unpaired) electrons. The molecule has 1 saturated heterocycles. The van der Waals surface area contributed by atoms with Crippen LogP contribution in [0.3, 0.4) is 0 Å². The molecule has 3 aliphatic rings. The summed E-state index contributed by atoms with van der Waals surface area (Å²) in [5.41, 5.74) is 9.12. The first kappa shape index (κ1) is 30.8. The van der Waals surface area contributed by atoms with Crippen LogP contribution in [0, 0.1) is 0 Å². The summed E-state index contributed by atoms with van der Waals surface area (Å²) in [5, 5.41) is 19.5. The number of benzene rings is 4. The summed E-state index contributed by atoms with van der Waals surface area (Å²) in [5.74, 6) is 0.111. The van der Waals surface area contributed by atoms with Crippen LogP contribution in [0.4, 0.5) is 0 Å². The number of hydrogen-bond donors (Lipinski definition) is 2. The van der Waals surface area contributed by atoms with Gasteiger partial charge in [0, 0.05) is 49.1 Å². The van der Waals surface area contributed by atoms with Crippen LogP contribution in [-0.4, -0.2) is 70.3 Å². The Hall–Kier alpha value is -4.85. The van der Waals surface area contributed by atoms with Crippen molar-refractivity contribution < 1.29 is 9.90 Å². The Balaban J connectivity index is 0.000000269. The molecule has 2 N–H and O–H groups in total. The van der Waals surface area contributed by atoms with Gasteiger partial charge < -0.3 is 10.0 Å². The van der Waals surface area contributed by atoms with Gasteiger partial charge in [0.2, 0.25) is 0 Å². The number of amides is 1. The highest BCUT2D eigenvalue weighted by molar-refractivity contribution is 5.96. The van der Waals surface area contributed by atoms with Gasteiger partial charge in [-0.05, 0) is 88.9 Å². The number of β-amino-alcohol motifs (C(OH)–C–C–N with tert-alkyl or cyclic N) is 1. The fraction of sp³-hybridized carbons (Fsp3) is 0.275. The van der Waals surface area contributed by atoms with Gasteiger partial charge in [-0.25, -0.2) is 5.10 Å². The zero-order valence-electron chi connectivity index (χ0n) is 26.6. The second-order valence-corrected chi connectivity index (χ2v) is 12.6. The van der Waals surface area contributed by atoms with Crippen molar-refractivity contribution in [3.8, 4) is 0 Å². The third-order valence-electron chi connectivity index (χ3n) is 9.70. The second-order valence-electron chi connectivity index (χ2n) is 12.6. The molecule has 4 aromatic carbocycles. The quantitative estimate of drug-likeness (QED) is 0.245. The lowest BCUT2D eigenvalue weighted by Crippen LogP contribution is -2.49. The van der Waals surface area contributed by atoms with Crippen molar-refractivity contribution in [1.82, 2.24) is 20.0 Å². The SMILES string of the molecule is O=C(c1cccc(Cc2cccc3ccc4c(c23)CCC2=C4C=CCC2)c1)N1CCN(CCO)CC1.O=c1[nH]ncc2ccccc12. The number of aryl methyl sites for hydroxylation is 1. The Labute approximate surface area is 274 Å². The monoisotopic (exact) mass is 624 g/mol. The molecule has 1 aromatic heterocycles. The predicted molar refractivity (Wildman–Crippen MR) is 189 cm³/mol. The van der Waals surface area contributed by atoms with Gasteiger partial charge in [0.25, 0.3) is 11.5 Å². The van der Waals surface area contributed by atoms with Gasteiger partial charge in [-0.15, -0.1) is 0 Å². The number of rotatable bonds is 5. The van der Waals surface area contributed by atoms with Crippen molar-refractivity contribution in [3.63, 3.8) is 0 Å². The molecule has 7 nitrogen and oxygen atoms in total. The first-order valence-electron chi connectivity index (χ1n) is 16.7. The van der Waals surface area contributed by atoms with Crippen LogP contribution in [0.5, 0.6) is 0 Å². The number of aliphatic hydroxyl groups is 1. The summed E-state index contributed by atoms with van der Waals surface area (Å²) in [6.07, 6.45) is 11.7. The minimum atomic E-state index is -0.136. The highest BCUT2D eigenvalue weighted by Gasteiger charge is 2.23. The molecule has 238 valence electrons. The second kappa shape index (κ2) is 13.9. The van der Waals surface area contributed by atoms with E-state index in [1.807, 2.05) is 35.2 Å². The highest BCUT2D eigenvalue weighted by atomic mass is 16.3. The lowest BCUT2D eigenvalue weighted by molar-refractivity contribution is 0.0615. The molecule has 5 aromatic rings. The zero-order chi connectivity index (χ0) is 32.2. The average Bonchev–Trinajstić information content (AvgIpc) is 3.12. The number of carbonyl (C=O) groups is 1. The van der Waals surface area contributed by atoms with E-state index >= 15 is 0 Å². The van der Waals surface area contributed by atoms with Crippen LogP contribution < -0.4 is 5.56 Å². The standard InChI is InChI=1S/C32H34N2O2.C8H6N2O/c35-20-19-33-15-17-34(18-16-33)32(36)27-9-3-5-23(22-27)21-26-8-4-7-25-12-13-29-28-10-2-1-6-24(28)11-14-30(29)31(25)26;11-8-7-4-2-1-3-6(7)5-9-10-8/h2-5,7-10,12-13,22,35H,1,6,11,14-21H2;1-5H,(H,10,11). The molecule has 0 atom stereocenters. The van der Waals surface area contributed by atoms with Gasteiger partial charge in [-0.1, -0.05) is 78.4 Å². The van der Waals surface area contributed by atoms with Crippen molar-refractivity contribution in [1.29, 1.82) is 0 Å². The van der Waals surface area contributed by atoms with E-state index in [9.17, 15) is 14.7 Å². The van der Waals surface area contributed by atoms with Crippen molar-refractivity contribution in [2.45, 2.75) is 32.1 Å². The van der Waals surface area contributed by atoms with E-state index in [4.69, 9.17) is 0 Å². The van der Waals surface area contributed by atoms with Crippen LogP contribution >= 0.6 is 0 Å². The molecule has 8 rings (SSSR count). The van der Waals surface area contributed by atoms with Crippen molar-refractivity contribution >= 4 is 33.0 Å². The molecular weight excluding hydrogens is 584 g/mol. The number of nitrogens with one attached hydrogen (secondary N) is 1. The summed E-state index contributed by atoms with van der Waals surface area (Å²) in [6.45, 7) is 3.92. The van der Waals surface area contributed by atoms with Gasteiger partial charge >= 0.3 is 0 Å². The number of aromatic nitrogens is 2. The topological polar surface area (TPSA) is 89.5 Å². The Kier molecular flexibility index (Phi) is 9.09. The Morgan fingerprint density at radius 1 is 0.872 bits per heavy atom. The van der Waals surface area contributed by atoms with E-state index < -0.39 is 0 Å². The van der Waals surface area contributed by atoms with E-state index in [0.29, 0.717) is 25.0 Å².